The topological polar surface area (TPSA) is 78.5 Å². The van der Waals surface area contributed by atoms with Gasteiger partial charge in [-0.15, -0.1) is 0 Å². The molecule has 0 radical (unpaired) electrons. The third kappa shape index (κ3) is 6.08. The van der Waals surface area contributed by atoms with Crippen molar-refractivity contribution in [2.45, 2.75) is 25.2 Å². The summed E-state index contributed by atoms with van der Waals surface area (Å²) in [5.41, 5.74) is 2.47. The predicted octanol–water partition coefficient (Wildman–Crippen LogP) is 2.79. The van der Waals surface area contributed by atoms with E-state index < -0.39 is 10.0 Å². The number of hydrogen-bond acceptors (Lipinski definition) is 4. The number of hydrogen-bond donors (Lipinski definition) is 2. The van der Waals surface area contributed by atoms with Crippen LogP contribution in [0.15, 0.2) is 47.4 Å². The molecule has 0 heterocycles. The summed E-state index contributed by atoms with van der Waals surface area (Å²) in [6.07, 6.45) is 0.868. The molecule has 0 saturated heterocycles. The summed E-state index contributed by atoms with van der Waals surface area (Å²) in [6.45, 7) is 5.11. The Bertz CT molecular complexity index is 891. The van der Waals surface area contributed by atoms with Gasteiger partial charge in [0.15, 0.2) is 0 Å². The van der Waals surface area contributed by atoms with Crippen molar-refractivity contribution in [2.75, 3.05) is 31.9 Å². The van der Waals surface area contributed by atoms with Gasteiger partial charge in [-0.2, -0.15) is 0 Å². The summed E-state index contributed by atoms with van der Waals surface area (Å²) < 4.78 is 27.8. The van der Waals surface area contributed by atoms with E-state index in [-0.39, 0.29) is 10.8 Å². The monoisotopic (exact) mass is 389 g/mol. The van der Waals surface area contributed by atoms with E-state index in [9.17, 15) is 13.2 Å². The maximum absolute atomic E-state index is 12.6. The fourth-order valence-corrected chi connectivity index (χ4v) is 3.99. The Balaban J connectivity index is 2.02. The van der Waals surface area contributed by atoms with Gasteiger partial charge in [0.2, 0.25) is 0 Å². The molecule has 0 bridgehead atoms. The van der Waals surface area contributed by atoms with Crippen LogP contribution >= 0.6 is 0 Å². The van der Waals surface area contributed by atoms with Crippen molar-refractivity contribution in [2.24, 2.45) is 0 Å². The standard InChI is InChI=1S/C20H27N3O3S/c1-15-6-7-16(2)19(14-15)27(25,26)22-18-10-8-17(9-11-18)20(24)21-12-5-13-23(3)4/h6-11,14,22H,5,12-13H2,1-4H3,(H,21,24). The number of nitrogens with one attached hydrogen (secondary N) is 2. The summed E-state index contributed by atoms with van der Waals surface area (Å²) in [4.78, 5) is 14.4. The first kappa shape index (κ1) is 20.9. The zero-order chi connectivity index (χ0) is 20.0. The highest BCUT2D eigenvalue weighted by atomic mass is 32.2. The summed E-state index contributed by atoms with van der Waals surface area (Å²) in [5, 5.41) is 2.86. The quantitative estimate of drug-likeness (QED) is 0.681. The van der Waals surface area contributed by atoms with Crippen molar-refractivity contribution < 1.29 is 13.2 Å². The van der Waals surface area contributed by atoms with Crippen LogP contribution in [0.1, 0.15) is 27.9 Å². The van der Waals surface area contributed by atoms with Crippen LogP contribution in [0.25, 0.3) is 0 Å². The third-order valence-corrected chi connectivity index (χ3v) is 5.62. The van der Waals surface area contributed by atoms with Gasteiger partial charge >= 0.3 is 0 Å². The molecule has 2 N–H and O–H groups in total. The molecule has 0 aliphatic heterocycles. The molecular weight excluding hydrogens is 362 g/mol. The van der Waals surface area contributed by atoms with Gasteiger partial charge in [0.1, 0.15) is 0 Å². The number of anilines is 1. The Morgan fingerprint density at radius 1 is 1.04 bits per heavy atom. The highest BCUT2D eigenvalue weighted by Gasteiger charge is 2.17. The molecule has 7 heteroatoms. The lowest BCUT2D eigenvalue weighted by molar-refractivity contribution is 0.0952. The highest BCUT2D eigenvalue weighted by Crippen LogP contribution is 2.21. The second kappa shape index (κ2) is 9.01. The fourth-order valence-electron chi connectivity index (χ4n) is 2.60. The Morgan fingerprint density at radius 2 is 1.70 bits per heavy atom. The van der Waals surface area contributed by atoms with Crippen molar-refractivity contribution >= 4 is 21.6 Å². The van der Waals surface area contributed by atoms with E-state index in [4.69, 9.17) is 0 Å². The van der Waals surface area contributed by atoms with Crippen LogP contribution in [-0.4, -0.2) is 46.4 Å². The van der Waals surface area contributed by atoms with Crippen molar-refractivity contribution in [3.05, 3.63) is 59.2 Å². The molecule has 2 rings (SSSR count). The number of aryl methyl sites for hydroxylation is 2. The van der Waals surface area contributed by atoms with Gasteiger partial charge < -0.3 is 10.2 Å². The molecule has 1 amide bonds. The van der Waals surface area contributed by atoms with Crippen molar-refractivity contribution in [1.29, 1.82) is 0 Å². The Kier molecular flexibility index (Phi) is 6.98. The number of sulfonamides is 1. The molecule has 0 spiro atoms. The molecule has 0 aromatic heterocycles. The van der Waals surface area contributed by atoms with Crippen LogP contribution < -0.4 is 10.0 Å². The molecule has 27 heavy (non-hydrogen) atoms. The van der Waals surface area contributed by atoms with E-state index in [0.29, 0.717) is 23.4 Å². The first-order valence-corrected chi connectivity index (χ1v) is 10.3. The van der Waals surface area contributed by atoms with E-state index in [0.717, 1.165) is 18.5 Å². The maximum Gasteiger partial charge on any atom is 0.262 e. The summed E-state index contributed by atoms with van der Waals surface area (Å²) in [7, 11) is 0.291. The fraction of sp³-hybridized carbons (Fsp3) is 0.350. The number of benzene rings is 2. The van der Waals surface area contributed by atoms with Crippen LogP contribution in [0, 0.1) is 13.8 Å². The molecule has 0 unspecified atom stereocenters. The molecule has 0 atom stereocenters. The molecule has 146 valence electrons. The SMILES string of the molecule is Cc1ccc(C)c(S(=O)(=O)Nc2ccc(C(=O)NCCCN(C)C)cc2)c1. The second-order valence-corrected chi connectivity index (χ2v) is 8.52. The zero-order valence-corrected chi connectivity index (χ0v) is 17.1. The number of nitrogens with zero attached hydrogens (tertiary/aromatic N) is 1. The van der Waals surface area contributed by atoms with Gasteiger partial charge in [-0.3, -0.25) is 9.52 Å². The first-order chi connectivity index (χ1) is 12.7. The maximum atomic E-state index is 12.6. The number of rotatable bonds is 8. The van der Waals surface area contributed by atoms with E-state index in [1.165, 1.54) is 0 Å². The van der Waals surface area contributed by atoms with Gasteiger partial charge in [-0.05, 0) is 82.4 Å². The van der Waals surface area contributed by atoms with Crippen molar-refractivity contribution in [3.8, 4) is 0 Å². The molecule has 2 aromatic carbocycles. The van der Waals surface area contributed by atoms with Crippen molar-refractivity contribution in [1.82, 2.24) is 10.2 Å². The average Bonchev–Trinajstić information content (AvgIpc) is 2.60. The Hall–Kier alpha value is -2.38. The van der Waals surface area contributed by atoms with E-state index >= 15 is 0 Å². The second-order valence-electron chi connectivity index (χ2n) is 6.86. The third-order valence-electron chi connectivity index (χ3n) is 4.10. The van der Waals surface area contributed by atoms with Gasteiger partial charge in [0.05, 0.1) is 4.90 Å². The number of carbonyl (C=O) groups is 1. The molecule has 2 aromatic rings. The smallest absolute Gasteiger partial charge is 0.262 e. The average molecular weight is 390 g/mol. The minimum atomic E-state index is -3.68. The van der Waals surface area contributed by atoms with Gasteiger partial charge in [0, 0.05) is 17.8 Å². The predicted molar refractivity (Wildman–Crippen MR) is 109 cm³/mol. The van der Waals surface area contributed by atoms with Crippen LogP contribution in [0.2, 0.25) is 0 Å². The van der Waals surface area contributed by atoms with E-state index in [2.05, 4.69) is 14.9 Å². The van der Waals surface area contributed by atoms with E-state index in [1.807, 2.05) is 27.1 Å². The highest BCUT2D eigenvalue weighted by molar-refractivity contribution is 7.92. The van der Waals surface area contributed by atoms with Crippen LogP contribution in [-0.2, 0) is 10.0 Å². The molecule has 0 saturated carbocycles. The summed E-state index contributed by atoms with van der Waals surface area (Å²) >= 11 is 0. The van der Waals surface area contributed by atoms with Crippen molar-refractivity contribution in [3.63, 3.8) is 0 Å². The molecular formula is C20H27N3O3S. The minimum Gasteiger partial charge on any atom is -0.352 e. The Labute approximate surface area is 161 Å². The molecule has 0 aliphatic carbocycles. The lowest BCUT2D eigenvalue weighted by atomic mass is 10.2. The Morgan fingerprint density at radius 3 is 2.33 bits per heavy atom. The van der Waals surface area contributed by atoms with Gasteiger partial charge in [-0.1, -0.05) is 12.1 Å². The zero-order valence-electron chi connectivity index (χ0n) is 16.2. The molecule has 0 aliphatic rings. The van der Waals surface area contributed by atoms with Crippen LogP contribution in [0.4, 0.5) is 5.69 Å². The minimum absolute atomic E-state index is 0.169. The van der Waals surface area contributed by atoms with Gasteiger partial charge in [-0.25, -0.2) is 8.42 Å². The number of carbonyl (C=O) groups excluding carboxylic acids is 1. The van der Waals surface area contributed by atoms with Crippen LogP contribution in [0.3, 0.4) is 0 Å². The molecule has 0 fully saturated rings. The lowest BCUT2D eigenvalue weighted by Crippen LogP contribution is -2.27. The number of amides is 1. The molecule has 6 nitrogen and oxygen atoms in total. The normalized spacial score (nSPS) is 11.4. The summed E-state index contributed by atoms with van der Waals surface area (Å²) in [6, 6.07) is 11.7. The van der Waals surface area contributed by atoms with E-state index in [1.54, 1.807) is 43.3 Å². The largest absolute Gasteiger partial charge is 0.352 e. The van der Waals surface area contributed by atoms with Gasteiger partial charge in [0.25, 0.3) is 15.9 Å². The lowest BCUT2D eigenvalue weighted by Gasteiger charge is -2.12. The summed E-state index contributed by atoms with van der Waals surface area (Å²) in [5.74, 6) is -0.169. The first-order valence-electron chi connectivity index (χ1n) is 8.82. The van der Waals surface area contributed by atoms with Crippen LogP contribution in [0.5, 0.6) is 0 Å².